The molecule has 0 fully saturated rings. The molecule has 226 valence electrons. The number of aromatic nitrogens is 3. The second-order valence-electron chi connectivity index (χ2n) is 12.1. The lowest BCUT2D eigenvalue weighted by atomic mass is 9.92. The van der Waals surface area contributed by atoms with Crippen LogP contribution in [0.1, 0.15) is 5.56 Å². The highest BCUT2D eigenvalue weighted by atomic mass is 32.1. The summed E-state index contributed by atoms with van der Waals surface area (Å²) in [5, 5.41) is 7.09. The van der Waals surface area contributed by atoms with E-state index >= 15 is 0 Å². The number of fused-ring (bicyclic) bond motifs is 7. The van der Waals surface area contributed by atoms with Gasteiger partial charge in [-0.2, -0.15) is 0 Å². The maximum Gasteiger partial charge on any atom is 0.202 e. The van der Waals surface area contributed by atoms with Gasteiger partial charge in [-0.15, -0.1) is 11.3 Å². The van der Waals surface area contributed by atoms with Gasteiger partial charge in [0.25, 0.3) is 0 Å². The highest BCUT2D eigenvalue weighted by Crippen LogP contribution is 2.46. The molecule has 8 aromatic rings. The predicted molar refractivity (Wildman–Crippen MR) is 198 cm³/mol. The first kappa shape index (κ1) is 27.0. The van der Waals surface area contributed by atoms with Crippen molar-refractivity contribution in [1.82, 2.24) is 15.0 Å². The summed E-state index contributed by atoms with van der Waals surface area (Å²) >= 11 is 1.82. The zero-order chi connectivity index (χ0) is 31.6. The second kappa shape index (κ2) is 10.7. The summed E-state index contributed by atoms with van der Waals surface area (Å²) in [6, 6.07) is 39.9. The summed E-state index contributed by atoms with van der Waals surface area (Å²) in [5.41, 5.74) is 7.92. The van der Waals surface area contributed by atoms with Gasteiger partial charge in [0.2, 0.25) is 5.88 Å². The first-order chi connectivity index (χ1) is 23.8. The van der Waals surface area contributed by atoms with Crippen LogP contribution in [0.5, 0.6) is 0 Å². The first-order valence-electron chi connectivity index (χ1n) is 16.0. The second-order valence-corrected chi connectivity index (χ2v) is 13.2. The van der Waals surface area contributed by atoms with Crippen molar-refractivity contribution >= 4 is 54.4 Å². The molecule has 2 aliphatic rings. The molecule has 0 radical (unpaired) electrons. The molecular formula is C42H26N4OS. The van der Waals surface area contributed by atoms with Gasteiger partial charge in [-0.3, -0.25) is 0 Å². The van der Waals surface area contributed by atoms with Crippen LogP contribution in [0.3, 0.4) is 0 Å². The van der Waals surface area contributed by atoms with E-state index in [-0.39, 0.29) is 6.04 Å². The fourth-order valence-corrected chi connectivity index (χ4v) is 8.04. The molecule has 1 unspecified atom stereocenters. The Hall–Kier alpha value is -6.11. The molecule has 6 heteroatoms. The lowest BCUT2D eigenvalue weighted by Crippen LogP contribution is -2.22. The van der Waals surface area contributed by atoms with Gasteiger partial charge < -0.3 is 9.73 Å². The van der Waals surface area contributed by atoms with E-state index in [1.54, 1.807) is 0 Å². The summed E-state index contributed by atoms with van der Waals surface area (Å²) < 4.78 is 9.21. The van der Waals surface area contributed by atoms with E-state index in [9.17, 15) is 0 Å². The molecule has 0 bridgehead atoms. The molecule has 48 heavy (non-hydrogen) atoms. The molecule has 3 aromatic heterocycles. The van der Waals surface area contributed by atoms with Crippen molar-refractivity contribution in [2.24, 2.45) is 0 Å². The van der Waals surface area contributed by atoms with Crippen molar-refractivity contribution in [2.45, 2.75) is 6.04 Å². The van der Waals surface area contributed by atoms with Crippen molar-refractivity contribution in [1.29, 1.82) is 0 Å². The lowest BCUT2D eigenvalue weighted by molar-refractivity contribution is 0.622. The van der Waals surface area contributed by atoms with Gasteiger partial charge in [-0.1, -0.05) is 115 Å². The third-order valence-electron chi connectivity index (χ3n) is 9.14. The quantitative estimate of drug-likeness (QED) is 0.209. The zero-order valence-electron chi connectivity index (χ0n) is 25.6. The van der Waals surface area contributed by atoms with E-state index in [0.29, 0.717) is 17.5 Å². The van der Waals surface area contributed by atoms with E-state index < -0.39 is 0 Å². The van der Waals surface area contributed by atoms with Crippen molar-refractivity contribution in [3.8, 4) is 45.3 Å². The van der Waals surface area contributed by atoms with Crippen LogP contribution in [0.15, 0.2) is 150 Å². The zero-order valence-corrected chi connectivity index (χ0v) is 26.4. The Kier molecular flexibility index (Phi) is 6.04. The molecule has 0 spiro atoms. The van der Waals surface area contributed by atoms with Gasteiger partial charge in [0.1, 0.15) is 5.58 Å². The molecule has 5 nitrogen and oxygen atoms in total. The third kappa shape index (κ3) is 4.34. The SMILES string of the molecule is C1=CC2=Cc3c(oc4cc(-c5cccc6sc7ccccc7c56)cc(-c5nc(-c6ccccc6)nc(-c6ccccc6)n5)c34)NC2C=C1. The van der Waals surface area contributed by atoms with Crippen LogP contribution in [-0.4, -0.2) is 21.0 Å². The largest absolute Gasteiger partial charge is 0.440 e. The average molecular weight is 635 g/mol. The van der Waals surface area contributed by atoms with Gasteiger partial charge in [0, 0.05) is 47.8 Å². The summed E-state index contributed by atoms with van der Waals surface area (Å²) in [4.78, 5) is 15.3. The molecule has 5 aromatic carbocycles. The lowest BCUT2D eigenvalue weighted by Gasteiger charge is -2.22. The number of hydrogen-bond acceptors (Lipinski definition) is 6. The summed E-state index contributed by atoms with van der Waals surface area (Å²) in [7, 11) is 0. The van der Waals surface area contributed by atoms with Crippen LogP contribution in [0.25, 0.3) is 82.5 Å². The number of benzene rings is 5. The normalized spacial score (nSPS) is 15.0. The number of anilines is 1. The van der Waals surface area contributed by atoms with Gasteiger partial charge in [0.15, 0.2) is 17.5 Å². The molecule has 1 aliphatic heterocycles. The van der Waals surface area contributed by atoms with E-state index in [0.717, 1.165) is 50.2 Å². The Bertz CT molecular complexity index is 2590. The predicted octanol–water partition coefficient (Wildman–Crippen LogP) is 11.0. The van der Waals surface area contributed by atoms with Crippen LogP contribution in [-0.2, 0) is 0 Å². The Morgan fingerprint density at radius 2 is 1.31 bits per heavy atom. The molecule has 1 atom stereocenters. The molecule has 0 saturated carbocycles. The molecule has 4 heterocycles. The molecule has 1 aliphatic carbocycles. The third-order valence-corrected chi connectivity index (χ3v) is 10.3. The fourth-order valence-electron chi connectivity index (χ4n) is 6.91. The average Bonchev–Trinajstić information content (AvgIpc) is 3.72. The number of nitrogens with zero attached hydrogens (tertiary/aromatic N) is 3. The van der Waals surface area contributed by atoms with E-state index in [2.05, 4.69) is 90.3 Å². The minimum absolute atomic E-state index is 0.0587. The maximum absolute atomic E-state index is 6.69. The number of thiophene rings is 1. The monoisotopic (exact) mass is 634 g/mol. The number of rotatable bonds is 4. The number of hydrogen-bond donors (Lipinski definition) is 1. The number of nitrogens with one attached hydrogen (secondary N) is 1. The highest BCUT2D eigenvalue weighted by molar-refractivity contribution is 7.25. The van der Waals surface area contributed by atoms with Crippen LogP contribution >= 0.6 is 11.3 Å². The van der Waals surface area contributed by atoms with Crippen LogP contribution < -0.4 is 5.32 Å². The smallest absolute Gasteiger partial charge is 0.202 e. The first-order valence-corrected chi connectivity index (χ1v) is 16.8. The Labute approximate surface area is 280 Å². The maximum atomic E-state index is 6.69. The molecule has 10 rings (SSSR count). The topological polar surface area (TPSA) is 63.8 Å². The Morgan fingerprint density at radius 3 is 2.10 bits per heavy atom. The van der Waals surface area contributed by atoms with Crippen molar-refractivity contribution < 1.29 is 4.42 Å². The number of furan rings is 1. The Morgan fingerprint density at radius 1 is 0.604 bits per heavy atom. The highest BCUT2D eigenvalue weighted by Gasteiger charge is 2.27. The minimum Gasteiger partial charge on any atom is -0.440 e. The summed E-state index contributed by atoms with van der Waals surface area (Å²) in [6.45, 7) is 0. The molecular weight excluding hydrogens is 609 g/mol. The molecule has 0 saturated heterocycles. The van der Waals surface area contributed by atoms with E-state index in [4.69, 9.17) is 19.4 Å². The van der Waals surface area contributed by atoms with Crippen molar-refractivity contribution in [3.05, 3.63) is 151 Å². The van der Waals surface area contributed by atoms with Gasteiger partial charge in [0.05, 0.1) is 6.04 Å². The molecule has 1 N–H and O–H groups in total. The molecule has 0 amide bonds. The van der Waals surface area contributed by atoms with Crippen molar-refractivity contribution in [2.75, 3.05) is 5.32 Å². The number of allylic oxidation sites excluding steroid dienone is 2. The van der Waals surface area contributed by atoms with Gasteiger partial charge in [-0.05, 0) is 47.0 Å². The standard InChI is InChI=1S/C42H26N4OS/c1-3-12-25(13-4-1)39-44-40(26-14-5-2-6-15-26)46-41(45-39)31-23-28(29-18-11-21-36-38(29)30-17-8-10-20-35(30)48-36)24-34-37(31)32-22-27-16-7-9-19-33(27)43-42(32)47-34/h1-24,33,43H. The van der Waals surface area contributed by atoms with E-state index in [1.165, 1.54) is 25.7 Å². The van der Waals surface area contributed by atoms with Crippen molar-refractivity contribution in [3.63, 3.8) is 0 Å². The summed E-state index contributed by atoms with van der Waals surface area (Å²) in [5.74, 6) is 2.59. The van der Waals surface area contributed by atoms with Crippen LogP contribution in [0.4, 0.5) is 5.88 Å². The van der Waals surface area contributed by atoms with Crippen LogP contribution in [0, 0.1) is 0 Å². The fraction of sp³-hybridized carbons (Fsp3) is 0.0238. The Balaban J connectivity index is 1.29. The van der Waals surface area contributed by atoms with Crippen LogP contribution in [0.2, 0.25) is 0 Å². The van der Waals surface area contributed by atoms with E-state index in [1.807, 2.05) is 72.0 Å². The minimum atomic E-state index is 0.0587. The van der Waals surface area contributed by atoms with Gasteiger partial charge in [-0.25, -0.2) is 15.0 Å². The van der Waals surface area contributed by atoms with Gasteiger partial charge >= 0.3 is 0 Å². The summed E-state index contributed by atoms with van der Waals surface area (Å²) in [6.07, 6.45) is 10.7.